The van der Waals surface area contributed by atoms with Crippen molar-refractivity contribution in [1.82, 2.24) is 9.80 Å². The second kappa shape index (κ2) is 15.7. The van der Waals surface area contributed by atoms with Gasteiger partial charge < -0.3 is 18.9 Å². The molecule has 344 valence electrons. The first-order valence-electron chi connectivity index (χ1n) is 23.2. The van der Waals surface area contributed by atoms with Crippen molar-refractivity contribution in [2.45, 2.75) is 140 Å². The van der Waals surface area contributed by atoms with E-state index in [1.807, 2.05) is 77.4 Å². The van der Waals surface area contributed by atoms with Gasteiger partial charge in [-0.1, -0.05) is 74.5 Å². The first-order valence-corrected chi connectivity index (χ1v) is 23.2. The van der Waals surface area contributed by atoms with E-state index < -0.39 is 58.7 Å². The molecule has 3 saturated carbocycles. The lowest BCUT2D eigenvalue weighted by Crippen LogP contribution is -2.67. The number of benzene rings is 2. The molecule has 6 heterocycles. The second-order valence-corrected chi connectivity index (χ2v) is 20.4. The van der Waals surface area contributed by atoms with Gasteiger partial charge in [0.1, 0.15) is 0 Å². The predicted octanol–water partition coefficient (Wildman–Crippen LogP) is 10.8. The van der Waals surface area contributed by atoms with Crippen LogP contribution in [0.4, 0.5) is 26.3 Å². The molecule has 2 aromatic rings. The summed E-state index contributed by atoms with van der Waals surface area (Å²) in [4.78, 5) is 16.2. The van der Waals surface area contributed by atoms with Crippen LogP contribution < -0.4 is 0 Å². The molecule has 2 bridgehead atoms. The number of rotatable bonds is 11. The van der Waals surface area contributed by atoms with Crippen LogP contribution in [0.25, 0.3) is 0 Å². The van der Waals surface area contributed by atoms with E-state index in [0.717, 1.165) is 30.4 Å². The number of nitrogens with zero attached hydrogens (tertiary/aromatic N) is 2. The minimum atomic E-state index is -4.82. The van der Waals surface area contributed by atoms with Crippen molar-refractivity contribution >= 4 is 0 Å². The Labute approximate surface area is 366 Å². The second-order valence-electron chi connectivity index (χ2n) is 20.4. The van der Waals surface area contributed by atoms with Crippen LogP contribution in [0.3, 0.4) is 0 Å². The highest BCUT2D eigenvalue weighted by atomic mass is 19.4. The Hall–Kier alpha value is -3.14. The maximum Gasteiger partial charge on any atom is 0.449 e. The lowest BCUT2D eigenvalue weighted by atomic mass is 9.59. The fraction of sp³-hybridized carbons (Fsp3) is 0.673. The molecule has 4 saturated heterocycles. The zero-order valence-corrected chi connectivity index (χ0v) is 36.6. The van der Waals surface area contributed by atoms with Crippen LogP contribution in [0.5, 0.6) is 0 Å². The van der Waals surface area contributed by atoms with E-state index in [1.54, 1.807) is 6.92 Å². The number of hydrogen-bond donors (Lipinski definition) is 0. The fourth-order valence-corrected chi connectivity index (χ4v) is 13.5. The summed E-state index contributed by atoms with van der Waals surface area (Å²) in [6.07, 6.45) is -5.32. The summed E-state index contributed by atoms with van der Waals surface area (Å²) in [5.74, 6) is -5.12. The molecule has 7 fully saturated rings. The Kier molecular flexibility index (Phi) is 10.9. The van der Waals surface area contributed by atoms with Crippen molar-refractivity contribution in [3.63, 3.8) is 0 Å². The van der Waals surface area contributed by atoms with Gasteiger partial charge in [0, 0.05) is 63.9 Å². The topological polar surface area (TPSA) is 61.9 Å². The van der Waals surface area contributed by atoms with Gasteiger partial charge in [0.25, 0.3) is 0 Å². The molecule has 0 N–H and O–H groups in total. The van der Waals surface area contributed by atoms with E-state index in [1.165, 1.54) is 0 Å². The zero-order valence-electron chi connectivity index (χ0n) is 36.6. The van der Waals surface area contributed by atoms with Gasteiger partial charge in [0.05, 0.1) is 11.5 Å². The predicted molar refractivity (Wildman–Crippen MR) is 220 cm³/mol. The molecule has 14 heteroatoms. The van der Waals surface area contributed by atoms with E-state index in [-0.39, 0.29) is 67.1 Å². The molecule has 8 nitrogen and oxygen atoms in total. The van der Waals surface area contributed by atoms with Gasteiger partial charge in [0.2, 0.25) is 29.4 Å². The van der Waals surface area contributed by atoms with Crippen LogP contribution in [0, 0.1) is 40.9 Å². The minimum absolute atomic E-state index is 0.00402. The van der Waals surface area contributed by atoms with Crippen molar-refractivity contribution in [1.29, 1.82) is 0 Å². The summed E-state index contributed by atoms with van der Waals surface area (Å²) in [5.41, 5.74) is 0.367. The number of halogens is 6. The quantitative estimate of drug-likeness (QED) is 0.163. The fourth-order valence-electron chi connectivity index (χ4n) is 13.5. The normalized spacial score (nSPS) is 39.5. The van der Waals surface area contributed by atoms with Crippen molar-refractivity contribution in [2.24, 2.45) is 40.9 Å². The van der Waals surface area contributed by atoms with Gasteiger partial charge >= 0.3 is 12.4 Å². The lowest BCUT2D eigenvalue weighted by molar-refractivity contribution is -0.557. The molecule has 0 radical (unpaired) electrons. The van der Waals surface area contributed by atoms with Gasteiger partial charge in [-0.3, -0.25) is 9.80 Å². The third-order valence-corrected chi connectivity index (χ3v) is 16.4. The molecular formula is C49H60F6N2O6. The Morgan fingerprint density at radius 2 is 1.19 bits per heavy atom. The number of allylic oxidation sites excluding steroid dienone is 2. The van der Waals surface area contributed by atoms with Gasteiger partial charge in [0.15, 0.2) is 5.60 Å². The average Bonchev–Trinajstić information content (AvgIpc) is 3.96. The van der Waals surface area contributed by atoms with Crippen LogP contribution in [0.1, 0.15) is 96.6 Å². The smallest absolute Gasteiger partial charge is 0.449 e. The summed E-state index contributed by atoms with van der Waals surface area (Å²) < 4.78 is 117. The van der Waals surface area contributed by atoms with Crippen molar-refractivity contribution < 1.29 is 55.1 Å². The van der Waals surface area contributed by atoms with E-state index in [9.17, 15) is 0 Å². The standard InChI is InChI=1S/C49H60F6N2O6/c1-30-15-18-39-35(42(49(53,54)55)60-46-29-45(39,46)37(30)20-17-32(3)59-46)27-56(25-33-11-7-5-8-12-33)23-24-57(26-34-13-9-6-10-14-34)28-36-40-19-16-31(2)38-21-22-44(4)61-43(47(38,40)63-62-44)58-41(36)48(50,51)52/h5-14,30-32,37-40,43H,15-29H2,1-4H3/t30-,31-,32+,37?,38?,39+,40+,43-,44-,45+,46-,47-/m1/s1. The van der Waals surface area contributed by atoms with Crippen LogP contribution in [-0.4, -0.2) is 77.9 Å². The molecule has 12 atom stereocenters. The van der Waals surface area contributed by atoms with Crippen molar-refractivity contribution in [2.75, 3.05) is 26.2 Å². The zero-order chi connectivity index (χ0) is 44.2. The highest BCUT2D eigenvalue weighted by molar-refractivity contribution is 5.37. The third-order valence-electron chi connectivity index (χ3n) is 16.4. The maximum atomic E-state index is 15.4. The Morgan fingerprint density at radius 1 is 0.619 bits per heavy atom. The summed E-state index contributed by atoms with van der Waals surface area (Å²) in [6.45, 7) is 8.99. The van der Waals surface area contributed by atoms with Crippen molar-refractivity contribution in [3.8, 4) is 0 Å². The third kappa shape index (κ3) is 7.45. The van der Waals surface area contributed by atoms with E-state index >= 15 is 26.3 Å². The summed E-state index contributed by atoms with van der Waals surface area (Å²) >= 11 is 0. The summed E-state index contributed by atoms with van der Waals surface area (Å²) in [5, 5.41) is 0. The number of hydrogen-bond acceptors (Lipinski definition) is 8. The Bertz CT molecular complexity index is 2080. The average molecular weight is 887 g/mol. The molecular weight excluding hydrogens is 827 g/mol. The van der Waals surface area contributed by atoms with Gasteiger partial charge in [-0.15, -0.1) is 0 Å². The number of fused-ring (bicyclic) bond motifs is 2. The molecule has 0 amide bonds. The van der Waals surface area contributed by atoms with Gasteiger partial charge in [-0.05, 0) is 105 Å². The first kappa shape index (κ1) is 43.7. The first-order chi connectivity index (χ1) is 29.9. The Morgan fingerprint density at radius 3 is 1.79 bits per heavy atom. The van der Waals surface area contributed by atoms with E-state index in [0.29, 0.717) is 57.5 Å². The molecule has 2 unspecified atom stereocenters. The molecule has 9 aliphatic rings. The van der Waals surface area contributed by atoms with Gasteiger partial charge in [-0.25, -0.2) is 9.78 Å². The van der Waals surface area contributed by atoms with Crippen LogP contribution in [0.2, 0.25) is 0 Å². The van der Waals surface area contributed by atoms with E-state index in [2.05, 4.69) is 13.8 Å². The number of alkyl halides is 6. The minimum Gasteiger partial charge on any atom is -0.456 e. The SMILES string of the molecule is C[C@@H]1CC[C@H]2C(CN(CCN(CC3=C(C(F)(F)F)O[C@]45C[C@@]46C(CC[C@H](C)O5)[C@H](C)CC[C@@H]36)Cc3ccccc3)Cc3ccccc3)=C(C(F)(F)F)O[C@@H]3O[C@@]4(C)CCC1[C@]32OO4. The Balaban J connectivity index is 1.01. The molecule has 2 spiro atoms. The van der Waals surface area contributed by atoms with Crippen molar-refractivity contribution in [3.05, 3.63) is 94.5 Å². The molecule has 2 aromatic carbocycles. The molecule has 63 heavy (non-hydrogen) atoms. The molecule has 6 aliphatic heterocycles. The molecule has 11 rings (SSSR count). The van der Waals surface area contributed by atoms with Gasteiger partial charge in [-0.2, -0.15) is 26.3 Å². The highest BCUT2D eigenvalue weighted by Crippen LogP contribution is 2.78. The van der Waals surface area contributed by atoms with Crippen LogP contribution >= 0.6 is 0 Å². The maximum absolute atomic E-state index is 15.4. The summed E-state index contributed by atoms with van der Waals surface area (Å²) in [7, 11) is 0. The monoisotopic (exact) mass is 886 g/mol. The number of ether oxygens (including phenoxy) is 4. The van der Waals surface area contributed by atoms with Crippen LogP contribution in [-0.2, 0) is 41.8 Å². The highest BCUT2D eigenvalue weighted by Gasteiger charge is 2.83. The largest absolute Gasteiger partial charge is 0.456 e. The van der Waals surface area contributed by atoms with Crippen LogP contribution in [0.15, 0.2) is 83.3 Å². The van der Waals surface area contributed by atoms with E-state index in [4.69, 9.17) is 28.7 Å². The molecule has 0 aromatic heterocycles. The summed E-state index contributed by atoms with van der Waals surface area (Å²) in [6, 6.07) is 19.2. The lowest BCUT2D eigenvalue weighted by Gasteiger charge is -2.57. The molecule has 3 aliphatic carbocycles.